The fraction of sp³-hybridized carbons (Fsp3) is 0.406. The van der Waals surface area contributed by atoms with Gasteiger partial charge in [-0.1, -0.05) is 32.0 Å². The van der Waals surface area contributed by atoms with Crippen molar-refractivity contribution < 1.29 is 19.1 Å². The quantitative estimate of drug-likeness (QED) is 0.301. The summed E-state index contributed by atoms with van der Waals surface area (Å²) in [5.74, 6) is 0.898. The summed E-state index contributed by atoms with van der Waals surface area (Å²) in [6.45, 7) is 11.7. The van der Waals surface area contributed by atoms with Crippen LogP contribution in [0.1, 0.15) is 35.3 Å². The molecule has 10 nitrogen and oxygen atoms in total. The third-order valence-electron chi connectivity index (χ3n) is 6.89. The zero-order valence-electron chi connectivity index (χ0n) is 25.2. The van der Waals surface area contributed by atoms with E-state index in [1.165, 1.54) is 0 Å². The predicted octanol–water partition coefficient (Wildman–Crippen LogP) is 4.77. The molecule has 1 aromatic heterocycles. The van der Waals surface area contributed by atoms with Crippen molar-refractivity contribution in [2.24, 2.45) is 5.41 Å². The lowest BCUT2D eigenvalue weighted by molar-refractivity contribution is 0.102. The zero-order chi connectivity index (χ0) is 30.1. The molecular weight excluding hydrogens is 532 g/mol. The molecule has 0 bridgehead atoms. The van der Waals surface area contributed by atoms with Crippen molar-refractivity contribution in [3.8, 4) is 5.75 Å². The van der Waals surface area contributed by atoms with E-state index in [-0.39, 0.29) is 11.3 Å². The van der Waals surface area contributed by atoms with Gasteiger partial charge in [-0.15, -0.1) is 0 Å². The average molecular weight is 575 g/mol. The van der Waals surface area contributed by atoms with E-state index in [0.717, 1.165) is 49.7 Å². The number of morpholine rings is 1. The van der Waals surface area contributed by atoms with Crippen LogP contribution in [0.2, 0.25) is 0 Å². The summed E-state index contributed by atoms with van der Waals surface area (Å²) in [5, 5.41) is 9.22. The Morgan fingerprint density at radius 2 is 1.76 bits per heavy atom. The van der Waals surface area contributed by atoms with Crippen molar-refractivity contribution in [3.05, 3.63) is 77.5 Å². The summed E-state index contributed by atoms with van der Waals surface area (Å²) in [6.07, 6.45) is 0.980. The lowest BCUT2D eigenvalue weighted by Crippen LogP contribution is -2.37. The monoisotopic (exact) mass is 574 g/mol. The number of amides is 2. The molecule has 1 aliphatic rings. The number of carbonyl (C=O) groups is 2. The number of rotatable bonds is 11. The number of ether oxygens (including phenoxy) is 2. The number of hydrogen-bond acceptors (Lipinski definition) is 8. The lowest BCUT2D eigenvalue weighted by atomic mass is 9.93. The maximum absolute atomic E-state index is 13.0. The summed E-state index contributed by atoms with van der Waals surface area (Å²) >= 11 is 0. The van der Waals surface area contributed by atoms with Crippen molar-refractivity contribution in [1.29, 1.82) is 0 Å². The molecule has 0 atom stereocenters. The molecule has 2 heterocycles. The topological polar surface area (TPSA) is 108 Å². The van der Waals surface area contributed by atoms with Crippen molar-refractivity contribution in [3.63, 3.8) is 0 Å². The van der Waals surface area contributed by atoms with Crippen molar-refractivity contribution >= 4 is 29.2 Å². The van der Waals surface area contributed by atoms with Crippen LogP contribution in [0.15, 0.2) is 60.8 Å². The Labute approximate surface area is 248 Å². The number of nitrogens with one attached hydrogen (secondary N) is 3. The Balaban J connectivity index is 1.31. The van der Waals surface area contributed by atoms with E-state index in [4.69, 9.17) is 9.47 Å². The molecule has 3 aromatic rings. The van der Waals surface area contributed by atoms with E-state index >= 15 is 0 Å². The van der Waals surface area contributed by atoms with Crippen LogP contribution in [0, 0.1) is 12.3 Å². The standard InChI is InChI=1S/C32H42N6O4/c1-23-6-11-26(35-31(40)42-27-12-13-34-29(19-27)38-14-16-41-17-15-38)18-28(23)36-30(39)25-9-7-24(8-10-25)20-33-21-32(2,3)22-37(4)5/h6-13,18-19,33H,14-17,20-22H2,1-5H3,(H,35,40)(H,36,39). The SMILES string of the molecule is Cc1ccc(NC(=O)Oc2ccnc(N3CCOCC3)c2)cc1NC(=O)c1ccc(CNCC(C)(C)CN(C)C)cc1. The molecule has 0 radical (unpaired) electrons. The van der Waals surface area contributed by atoms with Crippen molar-refractivity contribution in [1.82, 2.24) is 15.2 Å². The largest absolute Gasteiger partial charge is 0.417 e. The fourth-order valence-corrected chi connectivity index (χ4v) is 4.94. The molecule has 0 unspecified atom stereocenters. The minimum Gasteiger partial charge on any atom is -0.410 e. The van der Waals surface area contributed by atoms with Gasteiger partial charge in [-0.25, -0.2) is 9.78 Å². The smallest absolute Gasteiger partial charge is 0.410 e. The molecule has 0 aliphatic carbocycles. The third kappa shape index (κ3) is 9.27. The highest BCUT2D eigenvalue weighted by Crippen LogP contribution is 2.23. The number of aromatic nitrogens is 1. The second-order valence-electron chi connectivity index (χ2n) is 11.6. The lowest BCUT2D eigenvalue weighted by Gasteiger charge is -2.28. The van der Waals surface area contributed by atoms with Crippen LogP contribution in [0.3, 0.4) is 0 Å². The Bertz CT molecular complexity index is 1350. The van der Waals surface area contributed by atoms with E-state index in [1.807, 2.05) is 37.3 Å². The third-order valence-corrected chi connectivity index (χ3v) is 6.89. The van der Waals surface area contributed by atoms with E-state index < -0.39 is 6.09 Å². The van der Waals surface area contributed by atoms with E-state index in [9.17, 15) is 9.59 Å². The fourth-order valence-electron chi connectivity index (χ4n) is 4.94. The van der Waals surface area contributed by atoms with Crippen LogP contribution in [0.5, 0.6) is 5.75 Å². The van der Waals surface area contributed by atoms with Crippen LogP contribution >= 0.6 is 0 Å². The molecule has 224 valence electrons. The van der Waals surface area contributed by atoms with Gasteiger partial charge in [0, 0.05) is 61.9 Å². The van der Waals surface area contributed by atoms with Crippen LogP contribution in [0.4, 0.5) is 22.0 Å². The summed E-state index contributed by atoms with van der Waals surface area (Å²) in [4.78, 5) is 34.3. The van der Waals surface area contributed by atoms with Gasteiger partial charge in [-0.3, -0.25) is 10.1 Å². The van der Waals surface area contributed by atoms with Crippen LogP contribution in [0.25, 0.3) is 0 Å². The minimum atomic E-state index is -0.635. The number of nitrogens with zero attached hydrogens (tertiary/aromatic N) is 3. The highest BCUT2D eigenvalue weighted by molar-refractivity contribution is 6.05. The van der Waals surface area contributed by atoms with Gasteiger partial charge in [0.15, 0.2) is 0 Å². The molecule has 10 heteroatoms. The van der Waals surface area contributed by atoms with Crippen LogP contribution in [-0.4, -0.2) is 75.4 Å². The van der Waals surface area contributed by atoms with Crippen LogP contribution < -0.4 is 25.6 Å². The van der Waals surface area contributed by atoms with E-state index in [1.54, 1.807) is 30.5 Å². The van der Waals surface area contributed by atoms with Gasteiger partial charge in [-0.2, -0.15) is 0 Å². The molecular formula is C32H42N6O4. The molecule has 1 aliphatic heterocycles. The first-order valence-corrected chi connectivity index (χ1v) is 14.2. The molecule has 1 saturated heterocycles. The second kappa shape index (κ2) is 14.3. The van der Waals surface area contributed by atoms with Crippen molar-refractivity contribution in [2.45, 2.75) is 27.3 Å². The first-order valence-electron chi connectivity index (χ1n) is 14.2. The van der Waals surface area contributed by atoms with E-state index in [0.29, 0.717) is 35.9 Å². The molecule has 1 fully saturated rings. The summed E-state index contributed by atoms with van der Waals surface area (Å²) < 4.78 is 10.9. The maximum Gasteiger partial charge on any atom is 0.417 e. The van der Waals surface area contributed by atoms with Gasteiger partial charge >= 0.3 is 6.09 Å². The molecule has 3 N–H and O–H groups in total. The minimum absolute atomic E-state index is 0.160. The highest BCUT2D eigenvalue weighted by atomic mass is 16.6. The Morgan fingerprint density at radius 1 is 1.02 bits per heavy atom. The van der Waals surface area contributed by atoms with E-state index in [2.05, 4.69) is 58.7 Å². The zero-order valence-corrected chi connectivity index (χ0v) is 25.2. The number of anilines is 3. The van der Waals surface area contributed by atoms with Gasteiger partial charge in [0.25, 0.3) is 5.91 Å². The molecule has 4 rings (SSSR count). The number of hydrogen-bond donors (Lipinski definition) is 3. The summed E-state index contributed by atoms with van der Waals surface area (Å²) in [6, 6.07) is 16.3. The molecule has 0 saturated carbocycles. The number of benzene rings is 2. The highest BCUT2D eigenvalue weighted by Gasteiger charge is 2.18. The Morgan fingerprint density at radius 3 is 2.48 bits per heavy atom. The maximum atomic E-state index is 13.0. The summed E-state index contributed by atoms with van der Waals surface area (Å²) in [5.41, 5.74) is 3.80. The molecule has 2 aromatic carbocycles. The Kier molecular flexibility index (Phi) is 10.5. The normalized spacial score (nSPS) is 13.6. The molecule has 42 heavy (non-hydrogen) atoms. The predicted molar refractivity (Wildman–Crippen MR) is 167 cm³/mol. The number of pyridine rings is 1. The first-order chi connectivity index (χ1) is 20.1. The average Bonchev–Trinajstić information content (AvgIpc) is 2.95. The molecule has 0 spiro atoms. The van der Waals surface area contributed by atoms with Crippen molar-refractivity contribution in [2.75, 3.05) is 69.0 Å². The summed E-state index contributed by atoms with van der Waals surface area (Å²) in [7, 11) is 4.17. The molecule has 2 amide bonds. The van der Waals surface area contributed by atoms with Gasteiger partial charge in [0.1, 0.15) is 11.6 Å². The van der Waals surface area contributed by atoms with Gasteiger partial charge in [0.05, 0.1) is 13.2 Å². The van der Waals surface area contributed by atoms with Gasteiger partial charge in [-0.05, 0) is 67.9 Å². The van der Waals surface area contributed by atoms with Gasteiger partial charge in [0.2, 0.25) is 0 Å². The number of aryl methyl sites for hydroxylation is 1. The second-order valence-corrected chi connectivity index (χ2v) is 11.6. The first kappa shape index (κ1) is 31.0. The Hall–Kier alpha value is -3.99. The van der Waals surface area contributed by atoms with Crippen LogP contribution in [-0.2, 0) is 11.3 Å². The van der Waals surface area contributed by atoms with Gasteiger partial charge < -0.3 is 29.9 Å². The number of carbonyl (C=O) groups excluding carboxylic acids is 2.